The number of nitrogens with one attached hydrogen (secondary N) is 2. The van der Waals surface area contributed by atoms with E-state index < -0.39 is 0 Å². The highest BCUT2D eigenvalue weighted by atomic mass is 19.1. The molecule has 0 amide bonds. The highest BCUT2D eigenvalue weighted by Crippen LogP contribution is 2.22. The molecule has 1 atom stereocenters. The van der Waals surface area contributed by atoms with Crippen molar-refractivity contribution in [2.75, 3.05) is 50.9 Å². The number of ether oxygens (including phenoxy) is 2. The molecular formula is C19H29FN4O2. The van der Waals surface area contributed by atoms with Gasteiger partial charge in [0.05, 0.1) is 31.5 Å². The van der Waals surface area contributed by atoms with Crippen molar-refractivity contribution in [2.24, 2.45) is 4.99 Å². The molecule has 0 spiro atoms. The Bertz CT molecular complexity index is 599. The lowest BCUT2D eigenvalue weighted by Gasteiger charge is -2.29. The first-order chi connectivity index (χ1) is 12.8. The average molecular weight is 364 g/mol. The Morgan fingerprint density at radius 1 is 1.27 bits per heavy atom. The van der Waals surface area contributed by atoms with Crippen LogP contribution in [-0.2, 0) is 16.0 Å². The zero-order valence-corrected chi connectivity index (χ0v) is 15.5. The van der Waals surface area contributed by atoms with Crippen LogP contribution in [0.4, 0.5) is 10.1 Å². The average Bonchev–Trinajstić information content (AvgIpc) is 3.18. The lowest BCUT2D eigenvalue weighted by atomic mass is 10.1. The number of hydrogen-bond donors (Lipinski definition) is 2. The first-order valence-corrected chi connectivity index (χ1v) is 9.51. The Balaban J connectivity index is 1.58. The molecule has 2 aliphatic heterocycles. The van der Waals surface area contributed by atoms with E-state index in [0.717, 1.165) is 57.2 Å². The second kappa shape index (κ2) is 9.73. The van der Waals surface area contributed by atoms with Crippen molar-refractivity contribution < 1.29 is 13.9 Å². The summed E-state index contributed by atoms with van der Waals surface area (Å²) >= 11 is 0. The van der Waals surface area contributed by atoms with Gasteiger partial charge in [-0.25, -0.2) is 9.38 Å². The summed E-state index contributed by atoms with van der Waals surface area (Å²) in [7, 11) is 0. The number of halogens is 1. The molecular weight excluding hydrogens is 335 g/mol. The first-order valence-electron chi connectivity index (χ1n) is 9.51. The van der Waals surface area contributed by atoms with E-state index in [4.69, 9.17) is 9.47 Å². The number of anilines is 1. The van der Waals surface area contributed by atoms with Crippen LogP contribution in [0.15, 0.2) is 23.2 Å². The number of morpholine rings is 1. The van der Waals surface area contributed by atoms with E-state index in [1.165, 1.54) is 0 Å². The minimum Gasteiger partial charge on any atom is -0.378 e. The van der Waals surface area contributed by atoms with E-state index in [2.05, 4.69) is 15.6 Å². The molecule has 2 heterocycles. The van der Waals surface area contributed by atoms with Gasteiger partial charge in [-0.15, -0.1) is 0 Å². The fraction of sp³-hybridized carbons (Fsp3) is 0.632. The molecule has 0 aromatic heterocycles. The van der Waals surface area contributed by atoms with Crippen LogP contribution in [0.25, 0.3) is 0 Å². The Morgan fingerprint density at radius 3 is 2.81 bits per heavy atom. The smallest absolute Gasteiger partial charge is 0.191 e. The van der Waals surface area contributed by atoms with E-state index in [1.54, 1.807) is 6.07 Å². The fourth-order valence-corrected chi connectivity index (χ4v) is 3.24. The third-order valence-corrected chi connectivity index (χ3v) is 4.65. The molecule has 1 aromatic rings. The second-order valence-corrected chi connectivity index (χ2v) is 6.60. The minimum absolute atomic E-state index is 0.197. The molecule has 2 fully saturated rings. The predicted octanol–water partition coefficient (Wildman–Crippen LogP) is 1.90. The van der Waals surface area contributed by atoms with Gasteiger partial charge < -0.3 is 25.0 Å². The number of aliphatic imine (C=N–C) groups is 1. The van der Waals surface area contributed by atoms with Gasteiger partial charge in [-0.05, 0) is 37.5 Å². The number of hydrogen-bond acceptors (Lipinski definition) is 4. The van der Waals surface area contributed by atoms with Crippen LogP contribution in [0.2, 0.25) is 0 Å². The van der Waals surface area contributed by atoms with Gasteiger partial charge in [0.2, 0.25) is 0 Å². The lowest BCUT2D eigenvalue weighted by Crippen LogP contribution is -2.41. The van der Waals surface area contributed by atoms with Crippen LogP contribution < -0.4 is 15.5 Å². The van der Waals surface area contributed by atoms with Gasteiger partial charge in [-0.3, -0.25) is 0 Å². The highest BCUT2D eigenvalue weighted by molar-refractivity contribution is 5.79. The molecule has 1 aromatic carbocycles. The van der Waals surface area contributed by atoms with Gasteiger partial charge in [-0.1, -0.05) is 6.07 Å². The molecule has 2 aliphatic rings. The van der Waals surface area contributed by atoms with Crippen molar-refractivity contribution in [3.8, 4) is 0 Å². The van der Waals surface area contributed by atoms with Crippen LogP contribution in [0.1, 0.15) is 25.3 Å². The van der Waals surface area contributed by atoms with Gasteiger partial charge in [0.15, 0.2) is 5.96 Å². The molecule has 0 aliphatic carbocycles. The van der Waals surface area contributed by atoms with Crippen LogP contribution in [0, 0.1) is 5.82 Å². The summed E-state index contributed by atoms with van der Waals surface area (Å²) in [5.41, 5.74) is 1.50. The standard InChI is InChI=1S/C19H29FN4O2/c1-2-21-19(23-14-16-4-3-9-26-16)22-13-15-5-6-18(17(20)12-15)24-7-10-25-11-8-24/h5-6,12,16H,2-4,7-11,13-14H2,1H3,(H2,21,22,23). The van der Waals surface area contributed by atoms with Crippen molar-refractivity contribution in [3.63, 3.8) is 0 Å². The third-order valence-electron chi connectivity index (χ3n) is 4.65. The molecule has 0 bridgehead atoms. The Hall–Kier alpha value is -1.86. The zero-order valence-electron chi connectivity index (χ0n) is 15.5. The molecule has 26 heavy (non-hydrogen) atoms. The number of benzene rings is 1. The maximum Gasteiger partial charge on any atom is 0.191 e. The lowest BCUT2D eigenvalue weighted by molar-refractivity contribution is 0.114. The summed E-state index contributed by atoms with van der Waals surface area (Å²) in [6, 6.07) is 5.37. The van der Waals surface area contributed by atoms with Gasteiger partial charge in [-0.2, -0.15) is 0 Å². The van der Waals surface area contributed by atoms with Crippen molar-refractivity contribution in [3.05, 3.63) is 29.6 Å². The maximum atomic E-state index is 14.5. The number of guanidine groups is 1. The molecule has 2 N–H and O–H groups in total. The molecule has 7 heteroatoms. The summed E-state index contributed by atoms with van der Waals surface area (Å²) in [5, 5.41) is 6.53. The Kier molecular flexibility index (Phi) is 7.08. The Morgan fingerprint density at radius 2 is 2.12 bits per heavy atom. The second-order valence-electron chi connectivity index (χ2n) is 6.60. The predicted molar refractivity (Wildman–Crippen MR) is 101 cm³/mol. The summed E-state index contributed by atoms with van der Waals surface area (Å²) in [6.45, 7) is 7.58. The molecule has 0 radical (unpaired) electrons. The summed E-state index contributed by atoms with van der Waals surface area (Å²) in [5.74, 6) is 0.539. The third kappa shape index (κ3) is 5.32. The van der Waals surface area contributed by atoms with Crippen LogP contribution in [0.5, 0.6) is 0 Å². The first kappa shape index (κ1) is 18.9. The number of nitrogens with zero attached hydrogens (tertiary/aromatic N) is 2. The van der Waals surface area contributed by atoms with Gasteiger partial charge in [0.1, 0.15) is 5.82 Å². The quantitative estimate of drug-likeness (QED) is 0.596. The summed E-state index contributed by atoms with van der Waals surface area (Å²) in [4.78, 5) is 6.59. The van der Waals surface area contributed by atoms with E-state index in [0.29, 0.717) is 25.4 Å². The SMILES string of the molecule is CCNC(=NCc1ccc(N2CCOCC2)c(F)c1)NCC1CCCO1. The van der Waals surface area contributed by atoms with Crippen molar-refractivity contribution in [1.29, 1.82) is 0 Å². The van der Waals surface area contributed by atoms with Crippen molar-refractivity contribution in [2.45, 2.75) is 32.4 Å². The number of rotatable bonds is 6. The van der Waals surface area contributed by atoms with E-state index in [1.807, 2.05) is 24.0 Å². The zero-order chi connectivity index (χ0) is 18.2. The molecule has 144 valence electrons. The largest absolute Gasteiger partial charge is 0.378 e. The topological polar surface area (TPSA) is 58.1 Å². The molecule has 0 saturated carbocycles. The minimum atomic E-state index is -0.197. The van der Waals surface area contributed by atoms with Crippen molar-refractivity contribution >= 4 is 11.6 Å². The van der Waals surface area contributed by atoms with Crippen LogP contribution >= 0.6 is 0 Å². The monoisotopic (exact) mass is 364 g/mol. The normalized spacial score (nSPS) is 21.1. The fourth-order valence-electron chi connectivity index (χ4n) is 3.24. The van der Waals surface area contributed by atoms with E-state index >= 15 is 0 Å². The van der Waals surface area contributed by atoms with E-state index in [9.17, 15) is 4.39 Å². The van der Waals surface area contributed by atoms with Crippen molar-refractivity contribution in [1.82, 2.24) is 10.6 Å². The summed E-state index contributed by atoms with van der Waals surface area (Å²) in [6.07, 6.45) is 2.46. The van der Waals surface area contributed by atoms with Gasteiger partial charge >= 0.3 is 0 Å². The van der Waals surface area contributed by atoms with Crippen LogP contribution in [0.3, 0.4) is 0 Å². The van der Waals surface area contributed by atoms with Gasteiger partial charge in [0, 0.05) is 32.8 Å². The molecule has 2 saturated heterocycles. The van der Waals surface area contributed by atoms with Gasteiger partial charge in [0.25, 0.3) is 0 Å². The van der Waals surface area contributed by atoms with E-state index in [-0.39, 0.29) is 11.9 Å². The highest BCUT2D eigenvalue weighted by Gasteiger charge is 2.16. The summed E-state index contributed by atoms with van der Waals surface area (Å²) < 4.78 is 25.4. The van der Waals surface area contributed by atoms with Crippen LogP contribution in [-0.4, -0.2) is 58.1 Å². The molecule has 6 nitrogen and oxygen atoms in total. The molecule has 1 unspecified atom stereocenters. The Labute approximate surface area is 154 Å². The maximum absolute atomic E-state index is 14.5. The molecule has 3 rings (SSSR count).